The maximum Gasteiger partial charge on any atom is 0.313 e. The number of hydrogen-bond acceptors (Lipinski definition) is 4. The molecule has 104 valence electrons. The second kappa shape index (κ2) is 5.26. The Bertz CT molecular complexity index is 341. The van der Waals surface area contributed by atoms with E-state index in [0.29, 0.717) is 0 Å². The van der Waals surface area contributed by atoms with Crippen LogP contribution in [0.2, 0.25) is 0 Å². The van der Waals surface area contributed by atoms with E-state index in [2.05, 4.69) is 5.32 Å². The van der Waals surface area contributed by atoms with E-state index >= 15 is 0 Å². The summed E-state index contributed by atoms with van der Waals surface area (Å²) < 4.78 is 4.70. The number of esters is 1. The Morgan fingerprint density at radius 2 is 2.11 bits per heavy atom. The highest BCUT2D eigenvalue weighted by molar-refractivity contribution is 5.84. The summed E-state index contributed by atoms with van der Waals surface area (Å²) in [5, 5.41) is 2.83. The Kier molecular flexibility index (Phi) is 4.37. The standard InChI is InChI=1S/C13H24N2O3/c1-12(2,11(17)18-4)8-15-10(16)13(3)7-5-6-9(13)14/h9H,5-8,14H2,1-4H3,(H,15,16). The molecule has 0 aromatic heterocycles. The van der Waals surface area contributed by atoms with Gasteiger partial charge >= 0.3 is 5.97 Å². The number of nitrogens with one attached hydrogen (secondary N) is 1. The molecule has 0 aromatic carbocycles. The zero-order chi connectivity index (χ0) is 14.0. The van der Waals surface area contributed by atoms with Crippen molar-refractivity contribution in [1.82, 2.24) is 5.32 Å². The van der Waals surface area contributed by atoms with E-state index in [1.165, 1.54) is 7.11 Å². The molecule has 1 rings (SSSR count). The Morgan fingerprint density at radius 3 is 2.56 bits per heavy atom. The number of ether oxygens (including phenoxy) is 1. The van der Waals surface area contributed by atoms with Gasteiger partial charge in [-0.3, -0.25) is 9.59 Å². The third-order valence-corrected chi connectivity index (χ3v) is 3.98. The molecule has 2 unspecified atom stereocenters. The fourth-order valence-electron chi connectivity index (χ4n) is 2.33. The Labute approximate surface area is 108 Å². The van der Waals surface area contributed by atoms with Gasteiger partial charge in [0.05, 0.1) is 17.9 Å². The smallest absolute Gasteiger partial charge is 0.313 e. The van der Waals surface area contributed by atoms with Gasteiger partial charge in [-0.15, -0.1) is 0 Å². The molecular weight excluding hydrogens is 232 g/mol. The van der Waals surface area contributed by atoms with Crippen molar-refractivity contribution in [3.05, 3.63) is 0 Å². The lowest BCUT2D eigenvalue weighted by atomic mass is 9.83. The van der Waals surface area contributed by atoms with E-state index < -0.39 is 10.8 Å². The first-order chi connectivity index (χ1) is 8.24. The lowest BCUT2D eigenvalue weighted by Gasteiger charge is -2.30. The van der Waals surface area contributed by atoms with Gasteiger partial charge in [0.25, 0.3) is 0 Å². The molecule has 0 radical (unpaired) electrons. The number of rotatable bonds is 4. The maximum atomic E-state index is 12.2. The predicted molar refractivity (Wildman–Crippen MR) is 68.7 cm³/mol. The van der Waals surface area contributed by atoms with Crippen molar-refractivity contribution in [2.24, 2.45) is 16.6 Å². The summed E-state index contributed by atoms with van der Waals surface area (Å²) in [5.74, 6) is -0.395. The highest BCUT2D eigenvalue weighted by Crippen LogP contribution is 2.36. The van der Waals surface area contributed by atoms with E-state index in [1.807, 2.05) is 6.92 Å². The van der Waals surface area contributed by atoms with Crippen LogP contribution in [0.15, 0.2) is 0 Å². The molecule has 1 aliphatic carbocycles. The predicted octanol–water partition coefficient (Wildman–Crippen LogP) is 0.819. The number of hydrogen-bond donors (Lipinski definition) is 2. The molecule has 5 heteroatoms. The molecule has 0 bridgehead atoms. The third kappa shape index (κ3) is 2.83. The van der Waals surface area contributed by atoms with Gasteiger partial charge in [0, 0.05) is 12.6 Å². The van der Waals surface area contributed by atoms with Crippen molar-refractivity contribution in [3.8, 4) is 0 Å². The molecule has 0 heterocycles. The van der Waals surface area contributed by atoms with E-state index in [9.17, 15) is 9.59 Å². The Balaban J connectivity index is 2.59. The monoisotopic (exact) mass is 256 g/mol. The normalized spacial score (nSPS) is 27.9. The average molecular weight is 256 g/mol. The second-order valence-corrected chi connectivity index (χ2v) is 5.97. The topological polar surface area (TPSA) is 81.4 Å². The summed E-state index contributed by atoms with van der Waals surface area (Å²) in [5.41, 5.74) is 4.76. The average Bonchev–Trinajstić information content (AvgIpc) is 2.66. The lowest BCUT2D eigenvalue weighted by molar-refractivity contribution is -0.150. The van der Waals surface area contributed by atoms with Crippen LogP contribution < -0.4 is 11.1 Å². The van der Waals surface area contributed by atoms with Gasteiger partial charge in [-0.25, -0.2) is 0 Å². The van der Waals surface area contributed by atoms with Gasteiger partial charge in [0.2, 0.25) is 5.91 Å². The molecule has 0 spiro atoms. The van der Waals surface area contributed by atoms with Crippen molar-refractivity contribution in [1.29, 1.82) is 0 Å². The van der Waals surface area contributed by atoms with Crippen LogP contribution in [0.1, 0.15) is 40.0 Å². The number of carbonyl (C=O) groups is 2. The number of carbonyl (C=O) groups excluding carboxylic acids is 2. The fourth-order valence-corrected chi connectivity index (χ4v) is 2.33. The van der Waals surface area contributed by atoms with Gasteiger partial charge in [0.15, 0.2) is 0 Å². The molecule has 1 saturated carbocycles. The zero-order valence-electron chi connectivity index (χ0n) is 11.7. The van der Waals surface area contributed by atoms with Crippen LogP contribution in [0, 0.1) is 10.8 Å². The summed E-state index contributed by atoms with van der Waals surface area (Å²) in [6.07, 6.45) is 2.66. The van der Waals surface area contributed by atoms with Crippen LogP contribution in [0.5, 0.6) is 0 Å². The number of nitrogens with two attached hydrogens (primary N) is 1. The van der Waals surface area contributed by atoms with Crippen molar-refractivity contribution in [2.75, 3.05) is 13.7 Å². The second-order valence-electron chi connectivity index (χ2n) is 5.97. The van der Waals surface area contributed by atoms with E-state index in [4.69, 9.17) is 10.5 Å². The summed E-state index contributed by atoms with van der Waals surface area (Å²) in [7, 11) is 1.35. The van der Waals surface area contributed by atoms with Crippen LogP contribution in [0.25, 0.3) is 0 Å². The summed E-state index contributed by atoms with van der Waals surface area (Å²) in [4.78, 5) is 23.7. The minimum atomic E-state index is -0.719. The van der Waals surface area contributed by atoms with Gasteiger partial charge in [-0.1, -0.05) is 6.42 Å². The van der Waals surface area contributed by atoms with Gasteiger partial charge < -0.3 is 15.8 Å². The zero-order valence-corrected chi connectivity index (χ0v) is 11.7. The molecule has 1 fully saturated rings. The Hall–Kier alpha value is -1.10. The van der Waals surface area contributed by atoms with Crippen LogP contribution in [-0.2, 0) is 14.3 Å². The molecule has 3 N–H and O–H groups in total. The van der Waals surface area contributed by atoms with Gasteiger partial charge in [-0.05, 0) is 33.6 Å². The molecule has 2 atom stereocenters. The molecule has 0 saturated heterocycles. The maximum absolute atomic E-state index is 12.2. The molecule has 18 heavy (non-hydrogen) atoms. The van der Waals surface area contributed by atoms with Gasteiger partial charge in [-0.2, -0.15) is 0 Å². The quantitative estimate of drug-likeness (QED) is 0.730. The van der Waals surface area contributed by atoms with Crippen LogP contribution in [0.4, 0.5) is 0 Å². The van der Waals surface area contributed by atoms with E-state index in [0.717, 1.165) is 19.3 Å². The van der Waals surface area contributed by atoms with Crippen molar-refractivity contribution >= 4 is 11.9 Å². The fraction of sp³-hybridized carbons (Fsp3) is 0.846. The van der Waals surface area contributed by atoms with Crippen LogP contribution in [0.3, 0.4) is 0 Å². The molecule has 5 nitrogen and oxygen atoms in total. The van der Waals surface area contributed by atoms with Crippen molar-refractivity contribution in [3.63, 3.8) is 0 Å². The number of amides is 1. The highest BCUT2D eigenvalue weighted by Gasteiger charge is 2.43. The summed E-state index contributed by atoms with van der Waals surface area (Å²) in [6, 6.07) is -0.0984. The molecule has 1 amide bonds. The van der Waals surface area contributed by atoms with E-state index in [-0.39, 0.29) is 24.5 Å². The largest absolute Gasteiger partial charge is 0.469 e. The summed E-state index contributed by atoms with van der Waals surface area (Å²) in [6.45, 7) is 5.65. The third-order valence-electron chi connectivity index (χ3n) is 3.98. The molecular formula is C13H24N2O3. The van der Waals surface area contributed by atoms with Crippen molar-refractivity contribution in [2.45, 2.75) is 46.1 Å². The van der Waals surface area contributed by atoms with Gasteiger partial charge in [0.1, 0.15) is 0 Å². The SMILES string of the molecule is COC(=O)C(C)(C)CNC(=O)C1(C)CCCC1N. The molecule has 1 aliphatic rings. The van der Waals surface area contributed by atoms with Crippen molar-refractivity contribution < 1.29 is 14.3 Å². The minimum Gasteiger partial charge on any atom is -0.469 e. The Morgan fingerprint density at radius 1 is 1.50 bits per heavy atom. The highest BCUT2D eigenvalue weighted by atomic mass is 16.5. The first-order valence-electron chi connectivity index (χ1n) is 6.36. The first kappa shape index (κ1) is 15.0. The molecule has 0 aliphatic heterocycles. The summed E-state index contributed by atoms with van der Waals surface area (Å²) >= 11 is 0. The first-order valence-corrected chi connectivity index (χ1v) is 6.36. The number of methoxy groups -OCH3 is 1. The molecule has 0 aromatic rings. The minimum absolute atomic E-state index is 0.0653. The van der Waals surface area contributed by atoms with Crippen LogP contribution >= 0.6 is 0 Å². The van der Waals surface area contributed by atoms with E-state index in [1.54, 1.807) is 13.8 Å². The lowest BCUT2D eigenvalue weighted by Crippen LogP contribution is -2.50. The van der Waals surface area contributed by atoms with Crippen LogP contribution in [-0.4, -0.2) is 31.6 Å².